The molecule has 0 aliphatic carbocycles. The summed E-state index contributed by atoms with van der Waals surface area (Å²) in [5, 5.41) is 8.77. The molecule has 0 saturated carbocycles. The van der Waals surface area contributed by atoms with Crippen molar-refractivity contribution in [1.82, 2.24) is 14.8 Å². The number of Topliss-reactive ketones (excluding diaryl/α,β-unsaturated/α-hetero) is 1. The van der Waals surface area contributed by atoms with E-state index in [1.54, 1.807) is 29.2 Å². The number of carboxylic acid groups (broad SMARTS) is 1. The number of nitrogens with zero attached hydrogens (tertiary/aromatic N) is 4. The first kappa shape index (κ1) is 28.1. The Morgan fingerprint density at radius 3 is 2.62 bits per heavy atom. The zero-order chi connectivity index (χ0) is 28.2. The van der Waals surface area contributed by atoms with Crippen molar-refractivity contribution in [3.05, 3.63) is 52.6 Å². The van der Waals surface area contributed by atoms with Crippen LogP contribution in [0.1, 0.15) is 41.7 Å². The Morgan fingerprint density at radius 2 is 1.85 bits per heavy atom. The monoisotopic (exact) mass is 580 g/mol. The van der Waals surface area contributed by atoms with Gasteiger partial charge in [0.15, 0.2) is 0 Å². The summed E-state index contributed by atoms with van der Waals surface area (Å²) in [5.74, 6) is -2.09. The molecular formula is C28H28N4O6S2. The van der Waals surface area contributed by atoms with Gasteiger partial charge in [0.2, 0.25) is 0 Å². The summed E-state index contributed by atoms with van der Waals surface area (Å²) in [6.07, 6.45) is 3.74. The Kier molecular flexibility index (Phi) is 8.69. The molecule has 1 aromatic heterocycles. The summed E-state index contributed by atoms with van der Waals surface area (Å²) in [6.45, 7) is 3.39. The number of thioether (sulfide) groups is 1. The number of aromatic nitrogens is 1. The minimum Gasteiger partial charge on any atom is -0.481 e. The first-order valence-electron chi connectivity index (χ1n) is 13.1. The van der Waals surface area contributed by atoms with Crippen LogP contribution in [-0.4, -0.2) is 87.3 Å². The third-order valence-corrected chi connectivity index (χ3v) is 8.29. The molecule has 2 fully saturated rings. The van der Waals surface area contributed by atoms with Gasteiger partial charge in [0, 0.05) is 31.6 Å². The molecule has 40 heavy (non-hydrogen) atoms. The maximum Gasteiger partial charge on any atom is 0.303 e. The number of rotatable bonds is 10. The standard InChI is InChI=1S/C28H28N4O6S2/c33-24(34)7-2-1-3-10-31-26(36)23(40-28(31)39)16-19-5-4-6-21(29-19)18-8-9-22-20(15-18)25(35)27(37)32(22)17-30-11-13-38-14-12-30/h4-6,8-9,15-16H,1-3,7,10-14,17H2,(H,33,34). The second kappa shape index (κ2) is 12.4. The summed E-state index contributed by atoms with van der Waals surface area (Å²) < 4.78 is 5.84. The predicted octanol–water partition coefficient (Wildman–Crippen LogP) is 3.41. The number of hydrogen-bond donors (Lipinski definition) is 1. The van der Waals surface area contributed by atoms with Gasteiger partial charge >= 0.3 is 11.9 Å². The van der Waals surface area contributed by atoms with Crippen LogP contribution in [-0.2, 0) is 19.1 Å². The number of benzene rings is 1. The third kappa shape index (κ3) is 6.15. The van der Waals surface area contributed by atoms with Crippen LogP contribution < -0.4 is 4.90 Å². The number of pyridine rings is 1. The second-order valence-corrected chi connectivity index (χ2v) is 11.3. The number of thiocarbonyl (C=S) groups is 1. The van der Waals surface area contributed by atoms with Crippen molar-refractivity contribution in [1.29, 1.82) is 0 Å². The summed E-state index contributed by atoms with van der Waals surface area (Å²) in [7, 11) is 0. The Labute approximate surface area is 241 Å². The molecule has 0 spiro atoms. The molecule has 1 N–H and O–H groups in total. The number of amides is 2. The summed E-state index contributed by atoms with van der Waals surface area (Å²) in [6, 6.07) is 10.7. The summed E-state index contributed by atoms with van der Waals surface area (Å²) in [5.41, 5.74) is 2.81. The number of morpholine rings is 1. The predicted molar refractivity (Wildman–Crippen MR) is 155 cm³/mol. The minimum atomic E-state index is -0.825. The number of aliphatic carboxylic acids is 1. The quantitative estimate of drug-likeness (QED) is 0.194. The lowest BCUT2D eigenvalue weighted by molar-refractivity contribution is -0.137. The van der Waals surface area contributed by atoms with Gasteiger partial charge in [-0.15, -0.1) is 0 Å². The number of carbonyl (C=O) groups is 4. The van der Waals surface area contributed by atoms with E-state index in [4.69, 9.17) is 22.1 Å². The van der Waals surface area contributed by atoms with Crippen LogP contribution in [0.2, 0.25) is 0 Å². The van der Waals surface area contributed by atoms with Gasteiger partial charge in [-0.05, 0) is 43.2 Å². The van der Waals surface area contributed by atoms with Gasteiger partial charge in [0.25, 0.3) is 11.7 Å². The number of ether oxygens (including phenoxy) is 1. The fourth-order valence-corrected chi connectivity index (χ4v) is 6.08. The van der Waals surface area contributed by atoms with Crippen LogP contribution in [0.25, 0.3) is 17.3 Å². The largest absolute Gasteiger partial charge is 0.481 e. The third-order valence-electron chi connectivity index (χ3n) is 6.91. The molecule has 208 valence electrons. The van der Waals surface area contributed by atoms with Gasteiger partial charge in [-0.1, -0.05) is 42.5 Å². The van der Waals surface area contributed by atoms with Crippen LogP contribution in [0.3, 0.4) is 0 Å². The smallest absolute Gasteiger partial charge is 0.303 e. The Balaban J connectivity index is 1.29. The molecule has 5 rings (SSSR count). The molecule has 3 aliphatic heterocycles. The average molecular weight is 581 g/mol. The molecule has 2 amide bonds. The first-order valence-corrected chi connectivity index (χ1v) is 14.3. The van der Waals surface area contributed by atoms with Crippen molar-refractivity contribution in [2.24, 2.45) is 0 Å². The average Bonchev–Trinajstić information content (AvgIpc) is 3.35. The zero-order valence-electron chi connectivity index (χ0n) is 21.7. The molecule has 1 aromatic carbocycles. The minimum absolute atomic E-state index is 0.113. The molecule has 0 atom stereocenters. The van der Waals surface area contributed by atoms with E-state index in [1.165, 1.54) is 16.7 Å². The van der Waals surface area contributed by atoms with Crippen LogP contribution >= 0.6 is 24.0 Å². The summed E-state index contributed by atoms with van der Waals surface area (Å²) in [4.78, 5) is 59.5. The van der Waals surface area contributed by atoms with E-state index in [0.29, 0.717) is 96.2 Å². The number of fused-ring (bicyclic) bond motifs is 1. The number of ketones is 1. The molecule has 2 saturated heterocycles. The highest BCUT2D eigenvalue weighted by Crippen LogP contribution is 2.35. The van der Waals surface area contributed by atoms with Gasteiger partial charge in [-0.3, -0.25) is 33.9 Å². The Morgan fingerprint density at radius 1 is 1.05 bits per heavy atom. The fraction of sp³-hybridized carbons (Fsp3) is 0.357. The van der Waals surface area contributed by atoms with Crippen molar-refractivity contribution in [2.45, 2.75) is 25.7 Å². The van der Waals surface area contributed by atoms with E-state index >= 15 is 0 Å². The number of carbonyl (C=O) groups excluding carboxylic acids is 3. The lowest BCUT2D eigenvalue weighted by Gasteiger charge is -2.30. The Hall–Kier alpha value is -3.45. The van der Waals surface area contributed by atoms with E-state index in [0.717, 1.165) is 0 Å². The number of unbranched alkanes of at least 4 members (excludes halogenated alkanes) is 2. The zero-order valence-corrected chi connectivity index (χ0v) is 23.3. The molecule has 3 aliphatic rings. The van der Waals surface area contributed by atoms with E-state index in [-0.39, 0.29) is 12.3 Å². The molecule has 0 unspecified atom stereocenters. The summed E-state index contributed by atoms with van der Waals surface area (Å²) >= 11 is 6.61. The first-order chi connectivity index (χ1) is 19.3. The SMILES string of the molecule is O=C(O)CCCCCN1C(=O)C(=Cc2cccc(-c3ccc4c(c3)C(=O)C(=O)N4CN3CCOCC3)n2)SC1=S. The van der Waals surface area contributed by atoms with Gasteiger partial charge in [-0.25, -0.2) is 4.98 Å². The Bertz CT molecular complexity index is 1400. The fourth-order valence-electron chi connectivity index (χ4n) is 4.79. The maximum absolute atomic E-state index is 13.0. The highest BCUT2D eigenvalue weighted by molar-refractivity contribution is 8.26. The lowest BCUT2D eigenvalue weighted by atomic mass is 10.0. The number of carboxylic acids is 1. The van der Waals surface area contributed by atoms with Crippen LogP contribution in [0.15, 0.2) is 41.3 Å². The molecule has 2 aromatic rings. The molecule has 12 heteroatoms. The molecule has 0 radical (unpaired) electrons. The highest BCUT2D eigenvalue weighted by Gasteiger charge is 2.37. The van der Waals surface area contributed by atoms with Gasteiger partial charge in [0.05, 0.1) is 47.4 Å². The van der Waals surface area contributed by atoms with Crippen molar-refractivity contribution >= 4 is 63.6 Å². The van der Waals surface area contributed by atoms with Crippen molar-refractivity contribution in [3.63, 3.8) is 0 Å². The van der Waals surface area contributed by atoms with Crippen LogP contribution in [0, 0.1) is 0 Å². The number of hydrogen-bond acceptors (Lipinski definition) is 9. The van der Waals surface area contributed by atoms with Gasteiger partial charge < -0.3 is 9.84 Å². The van der Waals surface area contributed by atoms with Crippen molar-refractivity contribution < 1.29 is 29.0 Å². The number of anilines is 1. The van der Waals surface area contributed by atoms with E-state index in [2.05, 4.69) is 9.88 Å². The normalized spacial score (nSPS) is 18.8. The molecule has 0 bridgehead atoms. The van der Waals surface area contributed by atoms with Crippen molar-refractivity contribution in [3.8, 4) is 11.3 Å². The highest BCUT2D eigenvalue weighted by atomic mass is 32.2. The lowest BCUT2D eigenvalue weighted by Crippen LogP contribution is -2.45. The van der Waals surface area contributed by atoms with E-state index in [9.17, 15) is 19.2 Å². The second-order valence-electron chi connectivity index (χ2n) is 9.65. The van der Waals surface area contributed by atoms with E-state index in [1.807, 2.05) is 18.2 Å². The molecular weight excluding hydrogens is 552 g/mol. The maximum atomic E-state index is 13.0. The topological polar surface area (TPSA) is 120 Å². The molecule has 4 heterocycles. The van der Waals surface area contributed by atoms with Crippen LogP contribution in [0.4, 0.5) is 5.69 Å². The van der Waals surface area contributed by atoms with Gasteiger partial charge in [-0.2, -0.15) is 0 Å². The van der Waals surface area contributed by atoms with Crippen molar-refractivity contribution in [2.75, 3.05) is 44.4 Å². The van der Waals surface area contributed by atoms with Gasteiger partial charge in [0.1, 0.15) is 4.32 Å². The molecule has 10 nitrogen and oxygen atoms in total. The van der Waals surface area contributed by atoms with E-state index < -0.39 is 17.7 Å². The van der Waals surface area contributed by atoms with Crippen LogP contribution in [0.5, 0.6) is 0 Å².